The Labute approximate surface area is 172 Å². The van der Waals surface area contributed by atoms with Gasteiger partial charge in [-0.15, -0.1) is 11.3 Å². The Kier molecular flexibility index (Phi) is 5.64. The van der Waals surface area contributed by atoms with Crippen molar-refractivity contribution in [2.24, 2.45) is 0 Å². The molecule has 0 aliphatic carbocycles. The van der Waals surface area contributed by atoms with Gasteiger partial charge in [0.1, 0.15) is 10.6 Å². The number of likely N-dealkylation sites (tertiary alicyclic amines) is 1. The van der Waals surface area contributed by atoms with E-state index < -0.39 is 0 Å². The van der Waals surface area contributed by atoms with Crippen molar-refractivity contribution in [3.63, 3.8) is 0 Å². The highest BCUT2D eigenvalue weighted by Crippen LogP contribution is 2.28. The maximum absolute atomic E-state index is 12.7. The average molecular weight is 417 g/mol. The molecule has 1 aliphatic rings. The maximum atomic E-state index is 12.7. The topological polar surface area (TPSA) is 71.1 Å². The second-order valence-electron chi connectivity index (χ2n) is 6.88. The lowest BCUT2D eigenvalue weighted by Gasteiger charge is -2.15. The van der Waals surface area contributed by atoms with Gasteiger partial charge in [0.2, 0.25) is 0 Å². The van der Waals surface area contributed by atoms with Gasteiger partial charge in [-0.25, -0.2) is 4.98 Å². The monoisotopic (exact) mass is 416 g/mol. The number of hydrogen-bond donors (Lipinski definition) is 1. The number of H-pyrrole nitrogens is 1. The molecule has 0 unspecified atom stereocenters. The summed E-state index contributed by atoms with van der Waals surface area (Å²) >= 11 is 7.37. The van der Waals surface area contributed by atoms with Crippen LogP contribution in [0.1, 0.15) is 39.1 Å². The molecule has 28 heavy (non-hydrogen) atoms. The largest absolute Gasteiger partial charge is 0.493 e. The minimum atomic E-state index is 0.0770. The van der Waals surface area contributed by atoms with E-state index in [1.54, 1.807) is 11.6 Å². The lowest BCUT2D eigenvalue weighted by atomic mass is 10.0. The summed E-state index contributed by atoms with van der Waals surface area (Å²) in [6, 6.07) is 9.46. The van der Waals surface area contributed by atoms with E-state index in [-0.39, 0.29) is 11.8 Å². The minimum absolute atomic E-state index is 0.0770. The van der Waals surface area contributed by atoms with E-state index in [4.69, 9.17) is 16.3 Å². The number of carbonyl (C=O) groups is 1. The lowest BCUT2D eigenvalue weighted by molar-refractivity contribution is 0.0794. The van der Waals surface area contributed by atoms with Crippen LogP contribution in [0, 0.1) is 6.92 Å². The molecule has 146 valence electrons. The van der Waals surface area contributed by atoms with Crippen LogP contribution in [0.15, 0.2) is 35.8 Å². The van der Waals surface area contributed by atoms with E-state index in [1.165, 1.54) is 11.3 Å². The van der Waals surface area contributed by atoms with Crippen molar-refractivity contribution in [1.29, 1.82) is 0 Å². The molecular formula is C20H21ClN4O2S. The molecule has 0 spiro atoms. The SMILES string of the molecule is Cc1ncsc1C(=O)N1CC[C@@H](c2cc(CCOc3cccc(Cl)c3)[nH]n2)C1. The average Bonchev–Trinajstić information content (AvgIpc) is 3.41. The third-order valence-corrected chi connectivity index (χ3v) is 6.07. The highest BCUT2D eigenvalue weighted by atomic mass is 35.5. The van der Waals surface area contributed by atoms with Gasteiger partial charge >= 0.3 is 0 Å². The first-order valence-electron chi connectivity index (χ1n) is 9.22. The number of aromatic nitrogens is 3. The molecule has 2 aromatic heterocycles. The van der Waals surface area contributed by atoms with Gasteiger partial charge in [0, 0.05) is 36.1 Å². The molecule has 3 aromatic rings. The van der Waals surface area contributed by atoms with Crippen molar-refractivity contribution >= 4 is 28.8 Å². The van der Waals surface area contributed by atoms with Crippen LogP contribution in [0.3, 0.4) is 0 Å². The van der Waals surface area contributed by atoms with Crippen molar-refractivity contribution in [2.45, 2.75) is 25.7 Å². The highest BCUT2D eigenvalue weighted by molar-refractivity contribution is 7.11. The van der Waals surface area contributed by atoms with Gasteiger partial charge in [-0.2, -0.15) is 5.10 Å². The number of rotatable bonds is 6. The van der Waals surface area contributed by atoms with Crippen LogP contribution in [0.4, 0.5) is 0 Å². The maximum Gasteiger partial charge on any atom is 0.265 e. The first kappa shape index (κ1) is 19.0. The van der Waals surface area contributed by atoms with Gasteiger partial charge in [-0.1, -0.05) is 17.7 Å². The number of halogens is 1. The molecule has 0 radical (unpaired) electrons. The molecule has 6 nitrogen and oxygen atoms in total. The number of thiazole rings is 1. The molecule has 0 saturated carbocycles. The number of aryl methyl sites for hydroxylation is 1. The molecule has 1 N–H and O–H groups in total. The minimum Gasteiger partial charge on any atom is -0.493 e. The molecule has 1 fully saturated rings. The van der Waals surface area contributed by atoms with Gasteiger partial charge in [-0.3, -0.25) is 9.89 Å². The second kappa shape index (κ2) is 8.32. The molecule has 4 rings (SSSR count). The predicted octanol–water partition coefficient (Wildman–Crippen LogP) is 4.08. The second-order valence-corrected chi connectivity index (χ2v) is 8.17. The first-order chi connectivity index (χ1) is 13.6. The number of benzene rings is 1. The fourth-order valence-electron chi connectivity index (χ4n) is 3.39. The van der Waals surface area contributed by atoms with Crippen LogP contribution in [-0.2, 0) is 6.42 Å². The molecule has 1 saturated heterocycles. The quantitative estimate of drug-likeness (QED) is 0.657. The molecule has 0 bridgehead atoms. The third-order valence-electron chi connectivity index (χ3n) is 4.92. The molecule has 1 amide bonds. The van der Waals surface area contributed by atoms with Gasteiger partial charge in [-0.05, 0) is 37.6 Å². The van der Waals surface area contributed by atoms with Crippen molar-refractivity contribution < 1.29 is 9.53 Å². The molecule has 3 heterocycles. The number of nitrogens with zero attached hydrogens (tertiary/aromatic N) is 3. The Balaban J connectivity index is 1.31. The Hall–Kier alpha value is -2.38. The summed E-state index contributed by atoms with van der Waals surface area (Å²) in [5.41, 5.74) is 4.57. The number of ether oxygens (including phenoxy) is 1. The van der Waals surface area contributed by atoms with Gasteiger partial charge in [0.05, 0.1) is 23.5 Å². The summed E-state index contributed by atoms with van der Waals surface area (Å²) in [5.74, 6) is 1.10. The van der Waals surface area contributed by atoms with Crippen LogP contribution in [0.2, 0.25) is 5.02 Å². The normalized spacial score (nSPS) is 16.5. The van der Waals surface area contributed by atoms with E-state index in [0.717, 1.165) is 47.1 Å². The zero-order valence-corrected chi connectivity index (χ0v) is 17.1. The summed E-state index contributed by atoms with van der Waals surface area (Å²) in [6.07, 6.45) is 1.65. The van der Waals surface area contributed by atoms with Gasteiger partial charge in [0.25, 0.3) is 5.91 Å². The first-order valence-corrected chi connectivity index (χ1v) is 10.5. The number of carbonyl (C=O) groups excluding carboxylic acids is 1. The van der Waals surface area contributed by atoms with E-state index in [2.05, 4.69) is 21.2 Å². The van der Waals surface area contributed by atoms with E-state index >= 15 is 0 Å². The molecular weight excluding hydrogens is 396 g/mol. The molecule has 1 aliphatic heterocycles. The molecule has 1 atom stereocenters. The van der Waals surface area contributed by atoms with E-state index in [1.807, 2.05) is 30.0 Å². The van der Waals surface area contributed by atoms with E-state index in [9.17, 15) is 4.79 Å². The Morgan fingerprint density at radius 2 is 2.32 bits per heavy atom. The van der Waals surface area contributed by atoms with Gasteiger partial charge < -0.3 is 9.64 Å². The Bertz CT molecular complexity index is 971. The highest BCUT2D eigenvalue weighted by Gasteiger charge is 2.30. The fraction of sp³-hybridized carbons (Fsp3) is 0.350. The summed E-state index contributed by atoms with van der Waals surface area (Å²) in [4.78, 5) is 19.5. The molecule has 1 aromatic carbocycles. The summed E-state index contributed by atoms with van der Waals surface area (Å²) in [7, 11) is 0. The van der Waals surface area contributed by atoms with E-state index in [0.29, 0.717) is 18.2 Å². The number of aromatic amines is 1. The zero-order chi connectivity index (χ0) is 19.5. The number of amides is 1. The Morgan fingerprint density at radius 3 is 3.11 bits per heavy atom. The zero-order valence-electron chi connectivity index (χ0n) is 15.5. The summed E-state index contributed by atoms with van der Waals surface area (Å²) in [5, 5.41) is 8.22. The van der Waals surface area contributed by atoms with Crippen molar-refractivity contribution in [2.75, 3.05) is 19.7 Å². The van der Waals surface area contributed by atoms with Crippen LogP contribution < -0.4 is 4.74 Å². The standard InChI is InChI=1S/C20H21ClN4O2S/c1-13-19(28-12-22-13)20(26)25-7-5-14(11-25)18-10-16(23-24-18)6-8-27-17-4-2-3-15(21)9-17/h2-4,9-10,12,14H,5-8,11H2,1H3,(H,23,24)/t14-/m1/s1. The molecule has 8 heteroatoms. The number of hydrogen-bond acceptors (Lipinski definition) is 5. The predicted molar refractivity (Wildman–Crippen MR) is 109 cm³/mol. The van der Waals surface area contributed by atoms with Crippen molar-refractivity contribution in [3.05, 3.63) is 62.8 Å². The summed E-state index contributed by atoms with van der Waals surface area (Å²) < 4.78 is 5.74. The lowest BCUT2D eigenvalue weighted by Crippen LogP contribution is -2.28. The van der Waals surface area contributed by atoms with Crippen LogP contribution >= 0.6 is 22.9 Å². The Morgan fingerprint density at radius 1 is 1.43 bits per heavy atom. The van der Waals surface area contributed by atoms with Gasteiger partial charge in [0.15, 0.2) is 0 Å². The van der Waals surface area contributed by atoms with Crippen molar-refractivity contribution in [3.8, 4) is 5.75 Å². The van der Waals surface area contributed by atoms with Crippen LogP contribution in [-0.4, -0.2) is 45.7 Å². The number of nitrogens with one attached hydrogen (secondary N) is 1. The van der Waals surface area contributed by atoms with Crippen molar-refractivity contribution in [1.82, 2.24) is 20.1 Å². The smallest absolute Gasteiger partial charge is 0.265 e. The fourth-order valence-corrected chi connectivity index (χ4v) is 4.34. The van der Waals surface area contributed by atoms with Crippen LogP contribution in [0.25, 0.3) is 0 Å². The van der Waals surface area contributed by atoms with Crippen LogP contribution in [0.5, 0.6) is 5.75 Å². The summed E-state index contributed by atoms with van der Waals surface area (Å²) in [6.45, 7) is 3.87. The third kappa shape index (κ3) is 4.20.